The van der Waals surface area contributed by atoms with Crippen LogP contribution in [0.5, 0.6) is 11.5 Å². The van der Waals surface area contributed by atoms with Crippen LogP contribution in [0.3, 0.4) is 0 Å². The molecule has 1 amide bonds. The molecule has 0 aromatic heterocycles. The van der Waals surface area contributed by atoms with Crippen molar-refractivity contribution in [2.24, 2.45) is 0 Å². The number of ether oxygens (including phenoxy) is 2. The molecule has 2 aromatic carbocycles. The Morgan fingerprint density at radius 1 is 1.10 bits per heavy atom. The molecule has 0 bridgehead atoms. The summed E-state index contributed by atoms with van der Waals surface area (Å²) in [5.41, 5.74) is 1.05. The number of halogens is 3. The highest BCUT2D eigenvalue weighted by Crippen LogP contribution is 2.23. The van der Waals surface area contributed by atoms with Gasteiger partial charge in [-0.05, 0) is 48.9 Å². The molecule has 0 atom stereocenters. The van der Waals surface area contributed by atoms with Gasteiger partial charge < -0.3 is 14.4 Å². The van der Waals surface area contributed by atoms with Crippen molar-refractivity contribution in [1.82, 2.24) is 9.62 Å². The van der Waals surface area contributed by atoms with Gasteiger partial charge in [-0.2, -0.15) is 0 Å². The number of alkyl halides is 3. The first-order chi connectivity index (χ1) is 14.5. The number of hydrogen-bond acceptors (Lipinski definition) is 5. The van der Waals surface area contributed by atoms with Crippen LogP contribution in [0.4, 0.5) is 13.2 Å². The number of carbonyl (C=O) groups excluding carboxylic acids is 1. The summed E-state index contributed by atoms with van der Waals surface area (Å²) in [7, 11) is -2.40. The number of benzene rings is 2. The summed E-state index contributed by atoms with van der Waals surface area (Å²) in [6.07, 6.45) is -4.95. The van der Waals surface area contributed by atoms with Crippen LogP contribution in [0.25, 0.3) is 0 Å². The van der Waals surface area contributed by atoms with Crippen LogP contribution >= 0.6 is 0 Å². The smallest absolute Gasteiger partial charge is 0.492 e. The van der Waals surface area contributed by atoms with Crippen molar-refractivity contribution in [2.75, 3.05) is 26.7 Å². The second kappa shape index (κ2) is 10.5. The fourth-order valence-corrected chi connectivity index (χ4v) is 3.55. The molecule has 170 valence electrons. The predicted octanol–water partition coefficient (Wildman–Crippen LogP) is 3.10. The summed E-state index contributed by atoms with van der Waals surface area (Å²) in [5.74, 6) is -0.124. The molecule has 0 aliphatic rings. The van der Waals surface area contributed by atoms with Crippen LogP contribution in [0.1, 0.15) is 12.0 Å². The number of likely N-dealkylation sites (N-methyl/N-ethyl adjacent to an activating group) is 1. The molecule has 11 heteroatoms. The van der Waals surface area contributed by atoms with E-state index >= 15 is 0 Å². The summed E-state index contributed by atoms with van der Waals surface area (Å²) in [5, 5.41) is 0. The molecule has 0 unspecified atom stereocenters. The molecule has 31 heavy (non-hydrogen) atoms. The van der Waals surface area contributed by atoms with E-state index in [9.17, 15) is 26.4 Å². The highest BCUT2D eigenvalue weighted by Gasteiger charge is 2.31. The maximum Gasteiger partial charge on any atom is 0.573 e. The van der Waals surface area contributed by atoms with Crippen molar-refractivity contribution < 1.29 is 35.9 Å². The molecule has 0 spiro atoms. The van der Waals surface area contributed by atoms with Gasteiger partial charge in [0.05, 0.1) is 11.4 Å². The van der Waals surface area contributed by atoms with E-state index in [1.165, 1.54) is 4.90 Å². The maximum atomic E-state index is 12.2. The third kappa shape index (κ3) is 8.46. The third-order valence-corrected chi connectivity index (χ3v) is 5.59. The number of aryl methyl sites for hydroxylation is 1. The topological polar surface area (TPSA) is 84.9 Å². The van der Waals surface area contributed by atoms with Crippen molar-refractivity contribution in [1.29, 1.82) is 0 Å². The van der Waals surface area contributed by atoms with E-state index < -0.39 is 22.1 Å². The highest BCUT2D eigenvalue weighted by atomic mass is 32.2. The minimum atomic E-state index is -4.86. The Bertz CT molecular complexity index is 979. The minimum absolute atomic E-state index is 0.0879. The lowest BCUT2D eigenvalue weighted by atomic mass is 10.2. The number of rotatable bonds is 10. The quantitative estimate of drug-likeness (QED) is 0.589. The van der Waals surface area contributed by atoms with E-state index in [-0.39, 0.29) is 30.4 Å². The summed E-state index contributed by atoms with van der Waals surface area (Å²) >= 11 is 0. The highest BCUT2D eigenvalue weighted by molar-refractivity contribution is 7.89. The first-order valence-electron chi connectivity index (χ1n) is 9.25. The van der Waals surface area contributed by atoms with Gasteiger partial charge in [0, 0.05) is 20.0 Å². The Hall–Kier alpha value is -2.79. The van der Waals surface area contributed by atoms with Crippen LogP contribution < -0.4 is 14.2 Å². The zero-order valence-corrected chi connectivity index (χ0v) is 17.8. The molecule has 0 radical (unpaired) electrons. The Labute approximate surface area is 178 Å². The lowest BCUT2D eigenvalue weighted by Gasteiger charge is -2.18. The van der Waals surface area contributed by atoms with E-state index in [1.807, 2.05) is 31.2 Å². The molecule has 0 aliphatic carbocycles. The summed E-state index contributed by atoms with van der Waals surface area (Å²) in [6, 6.07) is 11.3. The second-order valence-corrected chi connectivity index (χ2v) is 8.41. The molecule has 7 nitrogen and oxygen atoms in total. The van der Waals surface area contributed by atoms with Crippen LogP contribution in [-0.4, -0.2) is 52.3 Å². The number of amides is 1. The number of carbonyl (C=O) groups is 1. The Morgan fingerprint density at radius 3 is 2.39 bits per heavy atom. The van der Waals surface area contributed by atoms with Gasteiger partial charge in [-0.1, -0.05) is 12.1 Å². The van der Waals surface area contributed by atoms with Gasteiger partial charge in [0.1, 0.15) is 18.1 Å². The van der Waals surface area contributed by atoms with Crippen molar-refractivity contribution in [3.05, 3.63) is 54.1 Å². The van der Waals surface area contributed by atoms with Gasteiger partial charge >= 0.3 is 6.36 Å². The predicted molar refractivity (Wildman–Crippen MR) is 107 cm³/mol. The first kappa shape index (κ1) is 24.5. The van der Waals surface area contributed by atoms with Crippen molar-refractivity contribution in [3.8, 4) is 11.5 Å². The van der Waals surface area contributed by atoms with Crippen molar-refractivity contribution in [3.63, 3.8) is 0 Å². The SMILES string of the molecule is Cc1cccc(OCCN(C)C(=O)CCNS(=O)(=O)c2ccc(OC(F)(F)F)cc2)c1. The average molecular weight is 460 g/mol. The van der Waals surface area contributed by atoms with Crippen molar-refractivity contribution in [2.45, 2.75) is 24.6 Å². The van der Waals surface area contributed by atoms with Gasteiger partial charge in [0.15, 0.2) is 0 Å². The molecule has 0 saturated carbocycles. The fraction of sp³-hybridized carbons (Fsp3) is 0.350. The van der Waals surface area contributed by atoms with E-state index in [0.29, 0.717) is 12.3 Å². The average Bonchev–Trinajstić information content (AvgIpc) is 2.67. The van der Waals surface area contributed by atoms with Gasteiger partial charge in [-0.15, -0.1) is 13.2 Å². The maximum absolute atomic E-state index is 12.2. The van der Waals surface area contributed by atoms with Crippen LogP contribution in [0, 0.1) is 6.92 Å². The molecule has 0 heterocycles. The first-order valence-corrected chi connectivity index (χ1v) is 10.7. The molecular weight excluding hydrogens is 437 g/mol. The van der Waals surface area contributed by atoms with Crippen LogP contribution in [-0.2, 0) is 14.8 Å². The molecule has 1 N–H and O–H groups in total. The zero-order chi connectivity index (χ0) is 23.1. The van der Waals surface area contributed by atoms with E-state index in [1.54, 1.807) is 7.05 Å². The Kier molecular flexibility index (Phi) is 8.28. The molecule has 0 saturated heterocycles. The number of nitrogens with one attached hydrogen (secondary N) is 1. The number of sulfonamides is 1. The number of nitrogens with zero attached hydrogens (tertiary/aromatic N) is 1. The lowest BCUT2D eigenvalue weighted by Crippen LogP contribution is -2.34. The van der Waals surface area contributed by atoms with Gasteiger partial charge in [-0.3, -0.25) is 4.79 Å². The van der Waals surface area contributed by atoms with Gasteiger partial charge in [-0.25, -0.2) is 13.1 Å². The normalized spacial score (nSPS) is 11.8. The molecule has 2 rings (SSSR count). The summed E-state index contributed by atoms with van der Waals surface area (Å²) < 4.78 is 72.5. The lowest BCUT2D eigenvalue weighted by molar-refractivity contribution is -0.274. The third-order valence-electron chi connectivity index (χ3n) is 4.11. The largest absolute Gasteiger partial charge is 0.573 e. The summed E-state index contributed by atoms with van der Waals surface area (Å²) in [6.45, 7) is 2.38. The molecular formula is C20H23F3N2O5S. The van der Waals surface area contributed by atoms with Crippen LogP contribution in [0.15, 0.2) is 53.4 Å². The monoisotopic (exact) mass is 460 g/mol. The van der Waals surface area contributed by atoms with Gasteiger partial charge in [0.25, 0.3) is 0 Å². The molecule has 0 fully saturated rings. The molecule has 0 aliphatic heterocycles. The van der Waals surface area contributed by atoms with E-state index in [2.05, 4.69) is 9.46 Å². The fourth-order valence-electron chi connectivity index (χ4n) is 2.52. The van der Waals surface area contributed by atoms with Crippen molar-refractivity contribution >= 4 is 15.9 Å². The standard InChI is InChI=1S/C20H23F3N2O5S/c1-15-4-3-5-17(14-15)29-13-12-25(2)19(26)10-11-24-31(27,28)18-8-6-16(7-9-18)30-20(21,22)23/h3-9,14,24H,10-13H2,1-2H3. The minimum Gasteiger partial charge on any atom is -0.492 e. The second-order valence-electron chi connectivity index (χ2n) is 6.65. The number of hydrogen-bond donors (Lipinski definition) is 1. The van der Waals surface area contributed by atoms with E-state index in [0.717, 1.165) is 29.8 Å². The van der Waals surface area contributed by atoms with Crippen LogP contribution in [0.2, 0.25) is 0 Å². The zero-order valence-electron chi connectivity index (χ0n) is 17.0. The Balaban J connectivity index is 1.77. The van der Waals surface area contributed by atoms with Gasteiger partial charge in [0.2, 0.25) is 15.9 Å². The summed E-state index contributed by atoms with van der Waals surface area (Å²) in [4.78, 5) is 13.3. The molecule has 2 aromatic rings. The Morgan fingerprint density at radius 2 is 1.77 bits per heavy atom. The van der Waals surface area contributed by atoms with E-state index in [4.69, 9.17) is 4.74 Å².